The summed E-state index contributed by atoms with van der Waals surface area (Å²) in [6, 6.07) is 24.6. The maximum Gasteiger partial charge on any atom is 0.271 e. The Morgan fingerprint density at radius 1 is 0.828 bits per heavy atom. The molecule has 4 rings (SSSR count). The highest BCUT2D eigenvalue weighted by Crippen LogP contribution is 2.36. The number of amides is 1. The standard InChI is InChI=1S/C23H21N5O/c1-15-5-3-7-19(13-15)28(20-8-4-6-16(2)14-20)18-11-9-17(10-12-18)21-22(23(24)29)26-27-25-21/h3-14H,1-2H3,(H2,24,29)(H,25,26,27). The summed E-state index contributed by atoms with van der Waals surface area (Å²) >= 11 is 0. The fourth-order valence-corrected chi connectivity index (χ4v) is 3.35. The molecule has 3 aromatic carbocycles. The summed E-state index contributed by atoms with van der Waals surface area (Å²) in [5.41, 5.74) is 12.2. The van der Waals surface area contributed by atoms with Gasteiger partial charge in [0.25, 0.3) is 5.91 Å². The number of aromatic amines is 1. The lowest BCUT2D eigenvalue weighted by Gasteiger charge is -2.26. The number of hydrogen-bond donors (Lipinski definition) is 2. The summed E-state index contributed by atoms with van der Waals surface area (Å²) in [6.45, 7) is 4.16. The molecule has 0 atom stereocenters. The molecule has 0 spiro atoms. The number of primary amides is 1. The number of carbonyl (C=O) groups excluding carboxylic acids is 1. The zero-order valence-electron chi connectivity index (χ0n) is 16.3. The van der Waals surface area contributed by atoms with E-state index in [1.54, 1.807) is 0 Å². The molecule has 3 N–H and O–H groups in total. The molecular formula is C23H21N5O. The predicted octanol–water partition coefficient (Wildman–Crippen LogP) is 4.66. The predicted molar refractivity (Wildman–Crippen MR) is 114 cm³/mol. The van der Waals surface area contributed by atoms with E-state index in [2.05, 4.69) is 82.7 Å². The van der Waals surface area contributed by atoms with E-state index in [0.717, 1.165) is 22.6 Å². The Balaban J connectivity index is 1.79. The van der Waals surface area contributed by atoms with Crippen LogP contribution in [0, 0.1) is 13.8 Å². The van der Waals surface area contributed by atoms with Gasteiger partial charge in [-0.05, 0) is 61.4 Å². The second-order valence-electron chi connectivity index (χ2n) is 6.95. The van der Waals surface area contributed by atoms with Gasteiger partial charge in [-0.2, -0.15) is 15.4 Å². The molecule has 0 bridgehead atoms. The molecule has 0 saturated heterocycles. The van der Waals surface area contributed by atoms with E-state index in [1.165, 1.54) is 11.1 Å². The summed E-state index contributed by atoms with van der Waals surface area (Å²) in [4.78, 5) is 13.8. The van der Waals surface area contributed by atoms with Gasteiger partial charge in [0.1, 0.15) is 5.69 Å². The van der Waals surface area contributed by atoms with Crippen LogP contribution in [0.3, 0.4) is 0 Å². The van der Waals surface area contributed by atoms with Gasteiger partial charge in [0.05, 0.1) is 0 Å². The van der Waals surface area contributed by atoms with Gasteiger partial charge in [0, 0.05) is 22.6 Å². The fraction of sp³-hybridized carbons (Fsp3) is 0.0870. The van der Waals surface area contributed by atoms with Gasteiger partial charge in [0.2, 0.25) is 0 Å². The van der Waals surface area contributed by atoms with Crippen molar-refractivity contribution in [3.8, 4) is 11.3 Å². The van der Waals surface area contributed by atoms with Crippen LogP contribution in [0.1, 0.15) is 21.6 Å². The van der Waals surface area contributed by atoms with Crippen LogP contribution in [0.2, 0.25) is 0 Å². The Hall–Kier alpha value is -3.93. The topological polar surface area (TPSA) is 87.9 Å². The number of hydrogen-bond acceptors (Lipinski definition) is 4. The molecule has 29 heavy (non-hydrogen) atoms. The summed E-state index contributed by atoms with van der Waals surface area (Å²) in [5.74, 6) is -0.612. The first kappa shape index (κ1) is 18.4. The number of rotatable bonds is 5. The number of aromatic nitrogens is 3. The van der Waals surface area contributed by atoms with Crippen molar-refractivity contribution in [2.75, 3.05) is 4.90 Å². The Bertz CT molecular complexity index is 1120. The largest absolute Gasteiger partial charge is 0.364 e. The first-order valence-electron chi connectivity index (χ1n) is 9.27. The molecule has 0 fully saturated rings. The average molecular weight is 383 g/mol. The van der Waals surface area contributed by atoms with Gasteiger partial charge in [-0.1, -0.05) is 36.4 Å². The number of benzene rings is 3. The van der Waals surface area contributed by atoms with Crippen molar-refractivity contribution in [2.45, 2.75) is 13.8 Å². The monoisotopic (exact) mass is 383 g/mol. The van der Waals surface area contributed by atoms with E-state index in [4.69, 9.17) is 5.73 Å². The van der Waals surface area contributed by atoms with Gasteiger partial charge >= 0.3 is 0 Å². The maximum atomic E-state index is 11.6. The smallest absolute Gasteiger partial charge is 0.271 e. The fourth-order valence-electron chi connectivity index (χ4n) is 3.35. The number of H-pyrrole nitrogens is 1. The van der Waals surface area contributed by atoms with Crippen molar-refractivity contribution in [3.05, 3.63) is 89.6 Å². The molecule has 0 radical (unpaired) electrons. The highest BCUT2D eigenvalue weighted by Gasteiger charge is 2.17. The van der Waals surface area contributed by atoms with E-state index in [0.29, 0.717) is 5.69 Å². The van der Waals surface area contributed by atoms with Crippen LogP contribution < -0.4 is 10.6 Å². The molecule has 4 aromatic rings. The average Bonchev–Trinajstić information content (AvgIpc) is 3.19. The number of nitrogens with zero attached hydrogens (tertiary/aromatic N) is 3. The van der Waals surface area contributed by atoms with Crippen molar-refractivity contribution in [2.24, 2.45) is 5.73 Å². The quantitative estimate of drug-likeness (QED) is 0.525. The molecular weight excluding hydrogens is 362 g/mol. The summed E-state index contributed by atoms with van der Waals surface area (Å²) in [6.07, 6.45) is 0. The van der Waals surface area contributed by atoms with Crippen LogP contribution >= 0.6 is 0 Å². The third kappa shape index (κ3) is 3.73. The maximum absolute atomic E-state index is 11.6. The number of aryl methyl sites for hydroxylation is 2. The van der Waals surface area contributed by atoms with Crippen LogP contribution in [-0.4, -0.2) is 21.3 Å². The lowest BCUT2D eigenvalue weighted by atomic mass is 10.1. The van der Waals surface area contributed by atoms with E-state index >= 15 is 0 Å². The molecule has 1 amide bonds. The Labute approximate surface area is 169 Å². The minimum Gasteiger partial charge on any atom is -0.364 e. The molecule has 0 unspecified atom stereocenters. The summed E-state index contributed by atoms with van der Waals surface area (Å²) in [5, 5.41) is 10.4. The lowest BCUT2D eigenvalue weighted by Crippen LogP contribution is -2.13. The van der Waals surface area contributed by atoms with Crippen molar-refractivity contribution in [3.63, 3.8) is 0 Å². The molecule has 6 heteroatoms. The lowest BCUT2D eigenvalue weighted by molar-refractivity contribution is 0.0996. The van der Waals surface area contributed by atoms with Crippen molar-refractivity contribution in [1.29, 1.82) is 0 Å². The number of anilines is 3. The Kier molecular flexibility index (Phi) is 4.83. The number of nitrogens with two attached hydrogens (primary N) is 1. The highest BCUT2D eigenvalue weighted by molar-refractivity contribution is 5.96. The van der Waals surface area contributed by atoms with Crippen LogP contribution in [0.5, 0.6) is 0 Å². The second kappa shape index (κ2) is 7.59. The molecule has 1 heterocycles. The number of nitrogens with one attached hydrogen (secondary N) is 1. The van der Waals surface area contributed by atoms with Crippen LogP contribution in [0.15, 0.2) is 72.8 Å². The zero-order chi connectivity index (χ0) is 20.4. The zero-order valence-corrected chi connectivity index (χ0v) is 16.3. The van der Waals surface area contributed by atoms with Gasteiger partial charge in [0.15, 0.2) is 5.69 Å². The van der Waals surface area contributed by atoms with Gasteiger partial charge in [-0.15, -0.1) is 0 Å². The van der Waals surface area contributed by atoms with Crippen LogP contribution in [0.4, 0.5) is 17.1 Å². The van der Waals surface area contributed by atoms with Gasteiger partial charge < -0.3 is 10.6 Å². The minimum atomic E-state index is -0.612. The highest BCUT2D eigenvalue weighted by atomic mass is 16.1. The SMILES string of the molecule is Cc1cccc(N(c2ccc(-c3n[nH]nc3C(N)=O)cc2)c2cccc(C)c2)c1. The molecule has 6 nitrogen and oxygen atoms in total. The number of carbonyl (C=O) groups is 1. The van der Waals surface area contributed by atoms with E-state index < -0.39 is 5.91 Å². The third-order valence-corrected chi connectivity index (χ3v) is 4.70. The molecule has 0 aliphatic carbocycles. The van der Waals surface area contributed by atoms with Crippen molar-refractivity contribution < 1.29 is 4.79 Å². The van der Waals surface area contributed by atoms with Gasteiger partial charge in [-0.3, -0.25) is 4.79 Å². The van der Waals surface area contributed by atoms with Crippen molar-refractivity contribution >= 4 is 23.0 Å². The molecule has 1 aromatic heterocycles. The first-order chi connectivity index (χ1) is 14.0. The summed E-state index contributed by atoms with van der Waals surface area (Å²) in [7, 11) is 0. The van der Waals surface area contributed by atoms with E-state index in [-0.39, 0.29) is 5.69 Å². The second-order valence-corrected chi connectivity index (χ2v) is 6.95. The summed E-state index contributed by atoms with van der Waals surface area (Å²) < 4.78 is 0. The van der Waals surface area contributed by atoms with Gasteiger partial charge in [-0.25, -0.2) is 0 Å². The van der Waals surface area contributed by atoms with E-state index in [9.17, 15) is 4.79 Å². The molecule has 0 saturated carbocycles. The molecule has 0 aliphatic heterocycles. The Morgan fingerprint density at radius 2 is 1.41 bits per heavy atom. The third-order valence-electron chi connectivity index (χ3n) is 4.70. The van der Waals surface area contributed by atoms with Crippen LogP contribution in [-0.2, 0) is 0 Å². The minimum absolute atomic E-state index is 0.131. The van der Waals surface area contributed by atoms with Crippen LogP contribution in [0.25, 0.3) is 11.3 Å². The van der Waals surface area contributed by atoms with Crippen molar-refractivity contribution in [1.82, 2.24) is 15.4 Å². The van der Waals surface area contributed by atoms with E-state index in [1.807, 2.05) is 24.3 Å². The first-order valence-corrected chi connectivity index (χ1v) is 9.27. The molecule has 0 aliphatic rings. The molecule has 144 valence electrons. The Morgan fingerprint density at radius 3 is 1.93 bits per heavy atom. The normalized spacial score (nSPS) is 10.7.